The molecule has 1 atom stereocenters. The highest BCUT2D eigenvalue weighted by Crippen LogP contribution is 2.21. The molecule has 1 unspecified atom stereocenters. The molecule has 1 heterocycles. The van der Waals surface area contributed by atoms with Crippen LogP contribution in [0, 0.1) is 28.1 Å². The van der Waals surface area contributed by atoms with Crippen LogP contribution >= 0.6 is 0 Å². The van der Waals surface area contributed by atoms with Gasteiger partial charge in [0.05, 0.1) is 24.2 Å². The van der Waals surface area contributed by atoms with Crippen molar-refractivity contribution in [2.24, 2.45) is 5.41 Å². The molecular weight excluding hydrogens is 214 g/mol. The zero-order chi connectivity index (χ0) is 12.7. The van der Waals surface area contributed by atoms with Gasteiger partial charge < -0.3 is 4.74 Å². The fraction of sp³-hybridized carbons (Fsp3) is 0.846. The summed E-state index contributed by atoms with van der Waals surface area (Å²) in [5.41, 5.74) is -0.208. The number of morpholine rings is 1. The fourth-order valence-electron chi connectivity index (χ4n) is 1.94. The minimum atomic E-state index is -0.265. The Balaban J connectivity index is 2.15. The van der Waals surface area contributed by atoms with Crippen molar-refractivity contribution < 1.29 is 4.74 Å². The van der Waals surface area contributed by atoms with Crippen LogP contribution in [-0.4, -0.2) is 37.2 Å². The highest BCUT2D eigenvalue weighted by Gasteiger charge is 2.20. The van der Waals surface area contributed by atoms with E-state index in [9.17, 15) is 0 Å². The van der Waals surface area contributed by atoms with Gasteiger partial charge in [0.2, 0.25) is 0 Å². The van der Waals surface area contributed by atoms with E-state index in [0.717, 1.165) is 38.9 Å². The number of unbranched alkanes of at least 4 members (excludes halogenated alkanes) is 1. The Morgan fingerprint density at radius 1 is 1.35 bits per heavy atom. The Morgan fingerprint density at radius 3 is 2.76 bits per heavy atom. The summed E-state index contributed by atoms with van der Waals surface area (Å²) < 4.78 is 5.29. The Labute approximate surface area is 104 Å². The van der Waals surface area contributed by atoms with Crippen LogP contribution in [0.1, 0.15) is 33.1 Å². The van der Waals surface area contributed by atoms with Gasteiger partial charge in [-0.05, 0) is 33.2 Å². The topological polar surface area (TPSA) is 60.1 Å². The number of ether oxygens (including phenoxy) is 1. The minimum absolute atomic E-state index is 0.208. The maximum Gasteiger partial charge on any atom is 0.156 e. The predicted molar refractivity (Wildman–Crippen MR) is 65.0 cm³/mol. The number of nitrogens with zero attached hydrogens (tertiary/aromatic N) is 3. The van der Waals surface area contributed by atoms with Crippen molar-refractivity contribution in [1.82, 2.24) is 4.90 Å². The molecular formula is C13H21N3O. The molecule has 0 amide bonds. The lowest BCUT2D eigenvalue weighted by Gasteiger charge is -2.29. The van der Waals surface area contributed by atoms with Crippen molar-refractivity contribution in [2.75, 3.05) is 26.2 Å². The number of rotatable bonds is 5. The van der Waals surface area contributed by atoms with Crippen LogP contribution in [0.2, 0.25) is 0 Å². The highest BCUT2D eigenvalue weighted by atomic mass is 16.5. The first kappa shape index (κ1) is 14.0. The normalized spacial score (nSPS) is 21.8. The predicted octanol–water partition coefficient (Wildman–Crippen LogP) is 1.93. The van der Waals surface area contributed by atoms with E-state index in [2.05, 4.69) is 17.0 Å². The Hall–Kier alpha value is -1.10. The summed E-state index contributed by atoms with van der Waals surface area (Å²) in [7, 11) is 0. The lowest BCUT2D eigenvalue weighted by Crippen LogP contribution is -2.42. The van der Waals surface area contributed by atoms with Gasteiger partial charge in [-0.3, -0.25) is 4.90 Å². The first-order valence-electron chi connectivity index (χ1n) is 6.22. The second-order valence-electron chi connectivity index (χ2n) is 5.24. The van der Waals surface area contributed by atoms with Crippen LogP contribution in [0.4, 0.5) is 0 Å². The van der Waals surface area contributed by atoms with Crippen molar-refractivity contribution >= 4 is 0 Å². The maximum absolute atomic E-state index is 8.90. The summed E-state index contributed by atoms with van der Waals surface area (Å²) in [6.45, 7) is 7.25. The summed E-state index contributed by atoms with van der Waals surface area (Å²) in [6, 6.07) is 4.47. The third-order valence-corrected chi connectivity index (χ3v) is 3.12. The molecule has 1 aliphatic heterocycles. The zero-order valence-corrected chi connectivity index (χ0v) is 10.8. The largest absolute Gasteiger partial charge is 0.361 e. The highest BCUT2D eigenvalue weighted by molar-refractivity contribution is 4.91. The van der Waals surface area contributed by atoms with Gasteiger partial charge in [0.25, 0.3) is 0 Å². The molecule has 94 valence electrons. The van der Waals surface area contributed by atoms with E-state index < -0.39 is 0 Å². The fourth-order valence-corrected chi connectivity index (χ4v) is 1.94. The number of hydrogen-bond donors (Lipinski definition) is 0. The average Bonchev–Trinajstić information content (AvgIpc) is 2.35. The van der Waals surface area contributed by atoms with E-state index in [1.807, 2.05) is 13.8 Å². The lowest BCUT2D eigenvalue weighted by molar-refractivity contribution is -0.0000913. The van der Waals surface area contributed by atoms with Gasteiger partial charge in [-0.2, -0.15) is 10.5 Å². The molecule has 0 aromatic heterocycles. The molecule has 0 saturated carbocycles. The lowest BCUT2D eigenvalue weighted by atomic mass is 9.89. The third kappa shape index (κ3) is 5.17. The van der Waals surface area contributed by atoms with Gasteiger partial charge in [0.15, 0.2) is 6.10 Å². The van der Waals surface area contributed by atoms with Gasteiger partial charge in [-0.25, -0.2) is 0 Å². The van der Waals surface area contributed by atoms with Crippen molar-refractivity contribution in [2.45, 2.75) is 39.2 Å². The smallest absolute Gasteiger partial charge is 0.156 e. The quantitative estimate of drug-likeness (QED) is 0.683. The van der Waals surface area contributed by atoms with Crippen LogP contribution in [0.3, 0.4) is 0 Å². The molecule has 1 aliphatic rings. The van der Waals surface area contributed by atoms with Crippen LogP contribution in [0.25, 0.3) is 0 Å². The Kier molecular flexibility index (Phi) is 5.41. The first-order chi connectivity index (χ1) is 8.07. The standard InChI is InChI=1S/C13H21N3O/c1-13(2,11-15)5-3-4-6-16-7-8-17-12(9-14)10-16/h12H,3-8,10H2,1-2H3. The molecule has 1 saturated heterocycles. The first-order valence-corrected chi connectivity index (χ1v) is 6.22. The number of nitriles is 2. The molecule has 0 bridgehead atoms. The van der Waals surface area contributed by atoms with Crippen LogP contribution in [0.15, 0.2) is 0 Å². The Bertz CT molecular complexity index is 314. The zero-order valence-electron chi connectivity index (χ0n) is 10.8. The molecule has 0 radical (unpaired) electrons. The molecule has 17 heavy (non-hydrogen) atoms. The van der Waals surface area contributed by atoms with Crippen LogP contribution in [0.5, 0.6) is 0 Å². The maximum atomic E-state index is 8.90. The van der Waals surface area contributed by atoms with Gasteiger partial charge in [0, 0.05) is 13.1 Å². The second kappa shape index (κ2) is 6.59. The van der Waals surface area contributed by atoms with Crippen molar-refractivity contribution in [3.8, 4) is 12.1 Å². The molecule has 0 spiro atoms. The second-order valence-corrected chi connectivity index (χ2v) is 5.24. The molecule has 0 aliphatic carbocycles. The summed E-state index contributed by atoms with van der Waals surface area (Å²) in [5.74, 6) is 0. The van der Waals surface area contributed by atoms with Gasteiger partial charge in [-0.15, -0.1) is 0 Å². The van der Waals surface area contributed by atoms with Crippen molar-refractivity contribution in [3.63, 3.8) is 0 Å². The SMILES string of the molecule is CC(C)(C#N)CCCCN1CCOC(C#N)C1. The van der Waals surface area contributed by atoms with Crippen LogP contribution < -0.4 is 0 Å². The van der Waals surface area contributed by atoms with E-state index in [0.29, 0.717) is 6.61 Å². The molecule has 0 aromatic rings. The average molecular weight is 235 g/mol. The summed E-state index contributed by atoms with van der Waals surface area (Å²) in [4.78, 5) is 2.27. The van der Waals surface area contributed by atoms with Gasteiger partial charge in [-0.1, -0.05) is 6.42 Å². The molecule has 0 aromatic carbocycles. The summed E-state index contributed by atoms with van der Waals surface area (Å²) in [6.07, 6.45) is 2.83. The Morgan fingerprint density at radius 2 is 2.12 bits per heavy atom. The minimum Gasteiger partial charge on any atom is -0.361 e. The summed E-state index contributed by atoms with van der Waals surface area (Å²) >= 11 is 0. The van der Waals surface area contributed by atoms with E-state index in [-0.39, 0.29) is 11.5 Å². The molecule has 1 fully saturated rings. The molecule has 0 N–H and O–H groups in total. The van der Waals surface area contributed by atoms with Crippen molar-refractivity contribution in [3.05, 3.63) is 0 Å². The molecule has 1 rings (SSSR count). The summed E-state index contributed by atoms with van der Waals surface area (Å²) in [5, 5.41) is 17.7. The van der Waals surface area contributed by atoms with Gasteiger partial charge >= 0.3 is 0 Å². The third-order valence-electron chi connectivity index (χ3n) is 3.12. The molecule has 4 heteroatoms. The number of hydrogen-bond acceptors (Lipinski definition) is 4. The molecule has 4 nitrogen and oxygen atoms in total. The monoisotopic (exact) mass is 235 g/mol. The van der Waals surface area contributed by atoms with E-state index in [1.54, 1.807) is 0 Å². The van der Waals surface area contributed by atoms with E-state index >= 15 is 0 Å². The van der Waals surface area contributed by atoms with Crippen molar-refractivity contribution in [1.29, 1.82) is 10.5 Å². The van der Waals surface area contributed by atoms with Crippen LogP contribution in [-0.2, 0) is 4.74 Å². The van der Waals surface area contributed by atoms with E-state index in [1.165, 1.54) is 0 Å². The van der Waals surface area contributed by atoms with E-state index in [4.69, 9.17) is 15.3 Å². The van der Waals surface area contributed by atoms with Gasteiger partial charge in [0.1, 0.15) is 0 Å².